The molecule has 0 unspecified atom stereocenters. The van der Waals surface area contributed by atoms with Gasteiger partial charge in [0.15, 0.2) is 0 Å². The molecule has 0 spiro atoms. The van der Waals surface area contributed by atoms with Crippen molar-refractivity contribution in [3.05, 3.63) is 176 Å². The van der Waals surface area contributed by atoms with Crippen LogP contribution in [0.25, 0.3) is 0 Å². The van der Waals surface area contributed by atoms with Gasteiger partial charge in [0.25, 0.3) is 16.6 Å². The van der Waals surface area contributed by atoms with Gasteiger partial charge in [-0.15, -0.1) is 0 Å². The van der Waals surface area contributed by atoms with Crippen molar-refractivity contribution in [2.45, 2.75) is 83.1 Å². The van der Waals surface area contributed by atoms with Crippen molar-refractivity contribution in [1.29, 1.82) is 0 Å². The van der Waals surface area contributed by atoms with Crippen molar-refractivity contribution in [2.24, 2.45) is 0 Å². The van der Waals surface area contributed by atoms with Crippen LogP contribution in [0, 0.1) is 83.1 Å². The molecule has 0 amide bonds. The first-order chi connectivity index (χ1) is 24.2. The van der Waals surface area contributed by atoms with Crippen LogP contribution < -0.4 is 31.1 Å². The Bertz CT molecular complexity index is 1870. The molecule has 0 heterocycles. The zero-order chi connectivity index (χ0) is 36.8. The Morgan fingerprint density at radius 2 is 0.412 bits per heavy atom. The maximum atomic E-state index is 9.03. The highest BCUT2D eigenvalue weighted by atomic mass is 28.4. The van der Waals surface area contributed by atoms with Crippen molar-refractivity contribution in [2.75, 3.05) is 0 Å². The molecule has 0 N–H and O–H groups in total. The molecule has 260 valence electrons. The van der Waals surface area contributed by atoms with E-state index in [9.17, 15) is 0 Å². The third-order valence-corrected chi connectivity index (χ3v) is 21.2. The largest absolute Gasteiger partial charge is 0.435 e. The zero-order valence-corrected chi connectivity index (χ0v) is 34.8. The third kappa shape index (κ3) is 6.52. The molecule has 0 fully saturated rings. The highest BCUT2D eigenvalue weighted by Gasteiger charge is 2.55. The second kappa shape index (κ2) is 14.0. The Kier molecular flexibility index (Phi) is 10.0. The lowest BCUT2D eigenvalue weighted by Crippen LogP contribution is -2.82. The summed E-state index contributed by atoms with van der Waals surface area (Å²) in [5, 5.41) is 8.01. The van der Waals surface area contributed by atoms with Gasteiger partial charge in [-0.05, 0) is 148 Å². The predicted octanol–water partition coefficient (Wildman–Crippen LogP) is 8.04. The maximum absolute atomic E-state index is 9.03. The highest BCUT2D eigenvalue weighted by Crippen LogP contribution is 2.26. The Balaban J connectivity index is 1.97. The van der Waals surface area contributed by atoms with Crippen LogP contribution in [0.2, 0.25) is 0 Å². The van der Waals surface area contributed by atoms with Gasteiger partial charge in [-0.3, -0.25) is 0 Å². The van der Waals surface area contributed by atoms with E-state index >= 15 is 0 Å². The van der Waals surface area contributed by atoms with E-state index in [2.05, 4.69) is 192 Å². The van der Waals surface area contributed by atoms with Gasteiger partial charge in [-0.25, -0.2) is 0 Å². The number of aryl methyl sites for hydroxylation is 12. The Morgan fingerprint density at radius 1 is 0.255 bits per heavy atom. The first-order valence-electron chi connectivity index (χ1n) is 18.3. The van der Waals surface area contributed by atoms with E-state index in [-0.39, 0.29) is 0 Å². The quantitative estimate of drug-likeness (QED) is 0.115. The van der Waals surface area contributed by atoms with Gasteiger partial charge in [-0.1, -0.05) is 143 Å². The average Bonchev–Trinajstić information content (AvgIpc) is 3.09. The normalized spacial score (nSPS) is 12.0. The Hall–Kier alpha value is -4.29. The summed E-state index contributed by atoms with van der Waals surface area (Å²) in [5.74, 6) is 0. The summed E-state index contributed by atoms with van der Waals surface area (Å²) in [5.41, 5.74) is 15.2. The van der Waals surface area contributed by atoms with E-state index in [0.717, 1.165) is 0 Å². The van der Waals surface area contributed by atoms with E-state index in [4.69, 9.17) is 4.12 Å². The van der Waals surface area contributed by atoms with Gasteiger partial charge in [-0.2, -0.15) is 0 Å². The van der Waals surface area contributed by atoms with Crippen molar-refractivity contribution >= 4 is 47.8 Å². The number of rotatable bonds is 8. The molecular weight excluding hydrogens is 649 g/mol. The van der Waals surface area contributed by atoms with Crippen molar-refractivity contribution in [3.8, 4) is 0 Å². The molecule has 51 heavy (non-hydrogen) atoms. The maximum Gasteiger partial charge on any atom is 0.279 e. The van der Waals surface area contributed by atoms with Crippen LogP contribution in [0.4, 0.5) is 0 Å². The Morgan fingerprint density at radius 3 is 0.569 bits per heavy atom. The molecule has 0 saturated carbocycles. The lowest BCUT2D eigenvalue weighted by atomic mass is 10.1. The van der Waals surface area contributed by atoms with Crippen LogP contribution in [0.3, 0.4) is 0 Å². The molecule has 0 saturated heterocycles. The van der Waals surface area contributed by atoms with Gasteiger partial charge >= 0.3 is 0 Å². The lowest BCUT2D eigenvalue weighted by Gasteiger charge is -2.47. The molecule has 0 bridgehead atoms. The molecule has 6 aromatic carbocycles. The second-order valence-corrected chi connectivity index (χ2v) is 22.1. The SMILES string of the molecule is Cc1ccc(C)c([Si](O[Si](c2cc(C)ccc2C)(c2cc(C)ccc2C)c2cc(C)ccc2C)(c2cc(C)ccc2C)c2cc(C)ccc2C)c1. The van der Waals surface area contributed by atoms with Crippen molar-refractivity contribution in [3.63, 3.8) is 0 Å². The summed E-state index contributed by atoms with van der Waals surface area (Å²) in [6.45, 7) is 27.2. The summed E-state index contributed by atoms with van der Waals surface area (Å²) < 4.78 is 9.03. The van der Waals surface area contributed by atoms with Crippen LogP contribution >= 0.6 is 0 Å². The van der Waals surface area contributed by atoms with Crippen molar-refractivity contribution < 1.29 is 4.12 Å². The monoisotopic (exact) mass is 702 g/mol. The first-order valence-corrected chi connectivity index (χ1v) is 22.2. The fourth-order valence-corrected chi connectivity index (χ4v) is 20.8. The molecule has 0 aromatic heterocycles. The molecule has 0 radical (unpaired) electrons. The highest BCUT2D eigenvalue weighted by molar-refractivity contribution is 7.18. The van der Waals surface area contributed by atoms with Crippen molar-refractivity contribution in [1.82, 2.24) is 0 Å². The molecule has 6 rings (SSSR count). The fourth-order valence-electron chi connectivity index (χ4n) is 8.12. The van der Waals surface area contributed by atoms with Gasteiger partial charge < -0.3 is 4.12 Å². The van der Waals surface area contributed by atoms with E-state index in [1.165, 1.54) is 97.9 Å². The zero-order valence-electron chi connectivity index (χ0n) is 32.8. The molecule has 0 aliphatic rings. The minimum Gasteiger partial charge on any atom is -0.435 e. The molecule has 0 atom stereocenters. The van der Waals surface area contributed by atoms with Crippen LogP contribution in [-0.4, -0.2) is 16.6 Å². The minimum absolute atomic E-state index is 1.25. The van der Waals surface area contributed by atoms with E-state index in [1.807, 2.05) is 0 Å². The third-order valence-electron chi connectivity index (χ3n) is 10.9. The first kappa shape index (κ1) is 36.5. The van der Waals surface area contributed by atoms with Gasteiger partial charge in [0.05, 0.1) is 0 Å². The van der Waals surface area contributed by atoms with E-state index in [0.29, 0.717) is 0 Å². The molecule has 3 heteroatoms. The molecule has 1 nitrogen and oxygen atoms in total. The molecule has 0 aliphatic carbocycles. The average molecular weight is 703 g/mol. The van der Waals surface area contributed by atoms with Gasteiger partial charge in [0, 0.05) is 0 Å². The number of hydrogen-bond donors (Lipinski definition) is 0. The smallest absolute Gasteiger partial charge is 0.279 e. The number of hydrogen-bond acceptors (Lipinski definition) is 1. The topological polar surface area (TPSA) is 9.23 Å². The number of benzene rings is 6. The fraction of sp³-hybridized carbons (Fsp3) is 0.250. The molecular formula is C48H54OSi2. The van der Waals surface area contributed by atoms with Gasteiger partial charge in [0.2, 0.25) is 0 Å². The summed E-state index contributed by atoms with van der Waals surface area (Å²) in [4.78, 5) is 0. The van der Waals surface area contributed by atoms with Crippen LogP contribution in [-0.2, 0) is 4.12 Å². The minimum atomic E-state index is -3.39. The second-order valence-electron chi connectivity index (χ2n) is 15.4. The summed E-state index contributed by atoms with van der Waals surface area (Å²) in [6.07, 6.45) is 0. The van der Waals surface area contributed by atoms with E-state index < -0.39 is 16.6 Å². The van der Waals surface area contributed by atoms with Crippen LogP contribution in [0.5, 0.6) is 0 Å². The molecule has 6 aromatic rings. The predicted molar refractivity (Wildman–Crippen MR) is 226 cm³/mol. The summed E-state index contributed by atoms with van der Waals surface area (Å²) in [6, 6.07) is 42.2. The van der Waals surface area contributed by atoms with E-state index in [1.54, 1.807) is 0 Å². The molecule has 0 aliphatic heterocycles. The van der Waals surface area contributed by atoms with Gasteiger partial charge in [0.1, 0.15) is 0 Å². The summed E-state index contributed by atoms with van der Waals surface area (Å²) >= 11 is 0. The Labute approximate surface area is 309 Å². The van der Waals surface area contributed by atoms with Crippen LogP contribution in [0.1, 0.15) is 66.8 Å². The lowest BCUT2D eigenvalue weighted by molar-refractivity contribution is 0.598. The van der Waals surface area contributed by atoms with Crippen LogP contribution in [0.15, 0.2) is 109 Å². The summed E-state index contributed by atoms with van der Waals surface area (Å²) in [7, 11) is -6.79. The standard InChI is InChI=1S/C48H54OSi2/c1-31-13-19-37(7)43(25-31)50(44-26-32(2)14-20-38(44)8,45-27-33(3)15-21-39(45)9)49-51(46-28-34(4)16-22-40(46)10,47-29-35(5)17-23-41(47)11)48-30-36(6)18-24-42(48)12/h13-30H,1-12H3.